The van der Waals surface area contributed by atoms with Crippen LogP contribution in [0.2, 0.25) is 0 Å². The predicted molar refractivity (Wildman–Crippen MR) is 118 cm³/mol. The molecule has 25 heavy (non-hydrogen) atoms. The van der Waals surface area contributed by atoms with Gasteiger partial charge in [0, 0.05) is 32.7 Å². The van der Waals surface area contributed by atoms with Gasteiger partial charge in [0.1, 0.15) is 0 Å². The Morgan fingerprint density at radius 1 is 1.08 bits per heavy atom. The van der Waals surface area contributed by atoms with E-state index < -0.39 is 0 Å². The summed E-state index contributed by atoms with van der Waals surface area (Å²) in [5, 5.41) is 3.59. The molecule has 0 aromatic rings. The number of aliphatic imine (C=N–C) groups is 1. The highest BCUT2D eigenvalue weighted by Gasteiger charge is 2.36. The maximum Gasteiger partial charge on any atom is 0.193 e. The summed E-state index contributed by atoms with van der Waals surface area (Å²) in [6.07, 6.45) is 12.8. The largest absolute Gasteiger partial charge is 0.357 e. The number of rotatable bonds is 3. The van der Waals surface area contributed by atoms with Crippen LogP contribution in [0.25, 0.3) is 0 Å². The van der Waals surface area contributed by atoms with Crippen LogP contribution in [0.1, 0.15) is 64.7 Å². The molecular formula is C20H39IN4. The van der Waals surface area contributed by atoms with E-state index in [9.17, 15) is 0 Å². The summed E-state index contributed by atoms with van der Waals surface area (Å²) in [6.45, 7) is 9.06. The number of hydrogen-bond acceptors (Lipinski definition) is 2. The zero-order valence-electron chi connectivity index (χ0n) is 16.4. The first kappa shape index (κ1) is 21.3. The second-order valence-corrected chi connectivity index (χ2v) is 8.55. The Morgan fingerprint density at radius 2 is 1.80 bits per heavy atom. The van der Waals surface area contributed by atoms with Crippen molar-refractivity contribution in [2.24, 2.45) is 16.3 Å². The van der Waals surface area contributed by atoms with Crippen molar-refractivity contribution in [2.45, 2.75) is 64.7 Å². The van der Waals surface area contributed by atoms with E-state index in [0.717, 1.165) is 19.0 Å². The van der Waals surface area contributed by atoms with Gasteiger partial charge in [-0.25, -0.2) is 0 Å². The molecule has 0 aromatic carbocycles. The van der Waals surface area contributed by atoms with Gasteiger partial charge in [0.25, 0.3) is 0 Å². The molecule has 2 heterocycles. The molecule has 3 aliphatic rings. The Kier molecular flexibility index (Phi) is 8.79. The molecule has 0 bridgehead atoms. The average molecular weight is 462 g/mol. The van der Waals surface area contributed by atoms with Crippen LogP contribution in [0.3, 0.4) is 0 Å². The second-order valence-electron chi connectivity index (χ2n) is 8.55. The zero-order chi connectivity index (χ0) is 16.8. The minimum Gasteiger partial charge on any atom is -0.357 e. The highest BCUT2D eigenvalue weighted by molar-refractivity contribution is 14.0. The molecule has 1 spiro atoms. The van der Waals surface area contributed by atoms with E-state index in [1.807, 2.05) is 0 Å². The van der Waals surface area contributed by atoms with Gasteiger partial charge in [-0.3, -0.25) is 4.99 Å². The van der Waals surface area contributed by atoms with Crippen molar-refractivity contribution >= 4 is 29.9 Å². The minimum absolute atomic E-state index is 0. The molecule has 0 amide bonds. The first-order chi connectivity index (χ1) is 11.7. The van der Waals surface area contributed by atoms with Crippen molar-refractivity contribution in [1.29, 1.82) is 0 Å². The van der Waals surface area contributed by atoms with Gasteiger partial charge in [0.2, 0.25) is 0 Å². The molecule has 146 valence electrons. The summed E-state index contributed by atoms with van der Waals surface area (Å²) in [5.74, 6) is 1.94. The molecule has 3 fully saturated rings. The quantitative estimate of drug-likeness (QED) is 0.392. The van der Waals surface area contributed by atoms with Crippen molar-refractivity contribution in [1.82, 2.24) is 15.1 Å². The lowest BCUT2D eigenvalue weighted by molar-refractivity contribution is 0.115. The van der Waals surface area contributed by atoms with Gasteiger partial charge in [-0.1, -0.05) is 25.7 Å². The highest BCUT2D eigenvalue weighted by Crippen LogP contribution is 2.42. The molecule has 5 heteroatoms. The normalized spacial score (nSPS) is 27.8. The lowest BCUT2D eigenvalue weighted by atomic mass is 9.74. The maximum absolute atomic E-state index is 5.06. The number of likely N-dealkylation sites (tertiary alicyclic amines) is 2. The number of hydrogen-bond donors (Lipinski definition) is 1. The third-order valence-corrected chi connectivity index (χ3v) is 6.45. The summed E-state index contributed by atoms with van der Waals surface area (Å²) >= 11 is 0. The number of piperidine rings is 1. The maximum atomic E-state index is 5.06. The topological polar surface area (TPSA) is 30.9 Å². The second kappa shape index (κ2) is 10.3. The van der Waals surface area contributed by atoms with Crippen LogP contribution in [-0.2, 0) is 0 Å². The molecular weight excluding hydrogens is 423 g/mol. The van der Waals surface area contributed by atoms with E-state index in [-0.39, 0.29) is 24.0 Å². The monoisotopic (exact) mass is 462 g/mol. The van der Waals surface area contributed by atoms with Crippen LogP contribution >= 0.6 is 24.0 Å². The fourth-order valence-corrected chi connectivity index (χ4v) is 5.09. The van der Waals surface area contributed by atoms with Crippen molar-refractivity contribution in [3.05, 3.63) is 0 Å². The number of nitrogens with one attached hydrogen (secondary N) is 1. The smallest absolute Gasteiger partial charge is 0.193 e. The van der Waals surface area contributed by atoms with Crippen LogP contribution in [0.4, 0.5) is 0 Å². The van der Waals surface area contributed by atoms with Crippen LogP contribution in [0.5, 0.6) is 0 Å². The average Bonchev–Trinajstić information content (AvgIpc) is 2.87. The van der Waals surface area contributed by atoms with E-state index in [2.05, 4.69) is 29.1 Å². The molecule has 0 radical (unpaired) electrons. The SMILES string of the molecule is CCNC(=NCC1CCN(C)C1)N1CCCC2(CCCCCC2)C1.I. The fourth-order valence-electron chi connectivity index (χ4n) is 5.09. The van der Waals surface area contributed by atoms with Crippen molar-refractivity contribution in [3.63, 3.8) is 0 Å². The van der Waals surface area contributed by atoms with Gasteiger partial charge < -0.3 is 15.1 Å². The van der Waals surface area contributed by atoms with Gasteiger partial charge >= 0.3 is 0 Å². The van der Waals surface area contributed by atoms with Crippen LogP contribution in [0.15, 0.2) is 4.99 Å². The highest BCUT2D eigenvalue weighted by atomic mass is 127. The van der Waals surface area contributed by atoms with E-state index in [1.54, 1.807) is 0 Å². The third-order valence-electron chi connectivity index (χ3n) is 6.45. The summed E-state index contributed by atoms with van der Waals surface area (Å²) in [6, 6.07) is 0. The fraction of sp³-hybridized carbons (Fsp3) is 0.950. The molecule has 4 nitrogen and oxygen atoms in total. The van der Waals surface area contributed by atoms with Gasteiger partial charge in [-0.15, -0.1) is 24.0 Å². The van der Waals surface area contributed by atoms with Gasteiger partial charge in [-0.05, 0) is 64.0 Å². The van der Waals surface area contributed by atoms with Gasteiger partial charge in [-0.2, -0.15) is 0 Å². The number of nitrogens with zero attached hydrogens (tertiary/aromatic N) is 3. The van der Waals surface area contributed by atoms with Gasteiger partial charge in [0.05, 0.1) is 0 Å². The summed E-state index contributed by atoms with van der Waals surface area (Å²) < 4.78 is 0. The van der Waals surface area contributed by atoms with Gasteiger partial charge in [0.15, 0.2) is 5.96 Å². The molecule has 1 atom stereocenters. The number of halogens is 1. The molecule has 3 rings (SSSR count). The van der Waals surface area contributed by atoms with Crippen LogP contribution in [0, 0.1) is 11.3 Å². The molecule has 1 saturated carbocycles. The first-order valence-electron chi connectivity index (χ1n) is 10.4. The zero-order valence-corrected chi connectivity index (χ0v) is 18.8. The van der Waals surface area contributed by atoms with E-state index in [1.165, 1.54) is 89.9 Å². The van der Waals surface area contributed by atoms with E-state index in [0.29, 0.717) is 5.41 Å². The molecule has 2 aliphatic heterocycles. The summed E-state index contributed by atoms with van der Waals surface area (Å²) in [4.78, 5) is 10.1. The Morgan fingerprint density at radius 3 is 2.44 bits per heavy atom. The van der Waals surface area contributed by atoms with Crippen molar-refractivity contribution < 1.29 is 0 Å². The molecule has 1 aliphatic carbocycles. The minimum atomic E-state index is 0. The van der Waals surface area contributed by atoms with Crippen LogP contribution in [-0.4, -0.2) is 62.1 Å². The van der Waals surface area contributed by atoms with Crippen LogP contribution < -0.4 is 5.32 Å². The first-order valence-corrected chi connectivity index (χ1v) is 10.4. The van der Waals surface area contributed by atoms with E-state index in [4.69, 9.17) is 4.99 Å². The lowest BCUT2D eigenvalue weighted by Crippen LogP contribution is -2.50. The third kappa shape index (κ3) is 5.98. The standard InChI is InChI=1S/C20H38N4.HI/c1-3-21-19(22-15-18-9-14-23(2)16-18)24-13-8-12-20(17-24)10-6-4-5-7-11-20;/h18H,3-17H2,1-2H3,(H,21,22);1H. The molecule has 1 N–H and O–H groups in total. The summed E-state index contributed by atoms with van der Waals surface area (Å²) in [7, 11) is 2.23. The molecule has 2 saturated heterocycles. The predicted octanol–water partition coefficient (Wildman–Crippen LogP) is 3.96. The van der Waals surface area contributed by atoms with E-state index >= 15 is 0 Å². The molecule has 0 aromatic heterocycles. The lowest BCUT2D eigenvalue weighted by Gasteiger charge is -2.44. The number of guanidine groups is 1. The molecule has 1 unspecified atom stereocenters. The van der Waals surface area contributed by atoms with Crippen molar-refractivity contribution in [3.8, 4) is 0 Å². The Labute approximate surface area is 172 Å². The Balaban J connectivity index is 0.00000225. The Bertz CT molecular complexity index is 418. The summed E-state index contributed by atoms with van der Waals surface area (Å²) in [5.41, 5.74) is 0.582. The van der Waals surface area contributed by atoms with Crippen molar-refractivity contribution in [2.75, 3.05) is 46.3 Å². The Hall–Kier alpha value is -0.0400.